The minimum Gasteiger partial charge on any atom is -0.504 e. The Morgan fingerprint density at radius 1 is 1.30 bits per heavy atom. The number of anilines is 1. The van der Waals surface area contributed by atoms with E-state index in [0.29, 0.717) is 22.6 Å². The molecule has 0 radical (unpaired) electrons. The van der Waals surface area contributed by atoms with E-state index in [2.05, 4.69) is 31.4 Å². The summed E-state index contributed by atoms with van der Waals surface area (Å²) in [5, 5.41) is 20.6. The van der Waals surface area contributed by atoms with Crippen molar-refractivity contribution < 1.29 is 14.6 Å². The van der Waals surface area contributed by atoms with Crippen LogP contribution < -0.4 is 10.1 Å². The second-order valence-electron chi connectivity index (χ2n) is 4.74. The number of hydrogen-bond acceptors (Lipinski definition) is 5. The quantitative estimate of drug-likeness (QED) is 0.640. The Morgan fingerprint density at radius 3 is 2.91 bits per heavy atom. The summed E-state index contributed by atoms with van der Waals surface area (Å²) in [5.74, 6) is -0.00225. The lowest BCUT2D eigenvalue weighted by molar-refractivity contribution is -0.110. The normalized spacial score (nSPS) is 15.0. The molecule has 1 aliphatic heterocycles. The van der Waals surface area contributed by atoms with E-state index in [1.165, 1.54) is 13.3 Å². The molecule has 0 fully saturated rings. The van der Waals surface area contributed by atoms with Crippen LogP contribution in [0.3, 0.4) is 0 Å². The number of amides is 1. The van der Waals surface area contributed by atoms with Crippen LogP contribution in [0.15, 0.2) is 51.1 Å². The average Bonchev–Trinajstić information content (AvgIpc) is 2.84. The molecule has 116 valence electrons. The Labute approximate surface area is 140 Å². The maximum absolute atomic E-state index is 12.0. The molecule has 1 heterocycles. The number of halogens is 1. The van der Waals surface area contributed by atoms with Gasteiger partial charge in [0.05, 0.1) is 19.0 Å². The molecule has 0 aliphatic carbocycles. The Bertz CT molecular complexity index is 846. The highest BCUT2D eigenvalue weighted by Gasteiger charge is 2.26. The van der Waals surface area contributed by atoms with Crippen LogP contribution in [0.25, 0.3) is 0 Å². The zero-order chi connectivity index (χ0) is 16.4. The number of aromatic hydroxyl groups is 1. The van der Waals surface area contributed by atoms with Gasteiger partial charge < -0.3 is 15.2 Å². The Balaban J connectivity index is 1.92. The Kier molecular flexibility index (Phi) is 4.12. The van der Waals surface area contributed by atoms with Gasteiger partial charge in [-0.15, -0.1) is 5.10 Å². The number of para-hydroxylation sites is 1. The van der Waals surface area contributed by atoms with Crippen molar-refractivity contribution in [2.45, 2.75) is 0 Å². The zero-order valence-electron chi connectivity index (χ0n) is 12.1. The van der Waals surface area contributed by atoms with Gasteiger partial charge in [-0.25, -0.2) is 0 Å². The lowest BCUT2D eigenvalue weighted by Gasteiger charge is -2.04. The second-order valence-corrected chi connectivity index (χ2v) is 5.65. The fourth-order valence-corrected chi connectivity index (χ4v) is 2.54. The molecule has 1 amide bonds. The summed E-state index contributed by atoms with van der Waals surface area (Å²) in [4.78, 5) is 12.0. The first-order valence-corrected chi connectivity index (χ1v) is 7.47. The average molecular weight is 374 g/mol. The van der Waals surface area contributed by atoms with Crippen LogP contribution in [0.4, 0.5) is 5.69 Å². The van der Waals surface area contributed by atoms with E-state index >= 15 is 0 Å². The molecule has 0 aromatic heterocycles. The smallest absolute Gasteiger partial charge is 0.276 e. The summed E-state index contributed by atoms with van der Waals surface area (Å²) in [6.45, 7) is 0. The third-order valence-electron chi connectivity index (χ3n) is 3.30. The number of carbonyl (C=O) groups excluding carboxylic acids is 1. The number of carbonyl (C=O) groups is 1. The van der Waals surface area contributed by atoms with Crippen molar-refractivity contribution in [2.75, 3.05) is 12.4 Å². The summed E-state index contributed by atoms with van der Waals surface area (Å²) in [5.41, 5.74) is 2.04. The topological polar surface area (TPSA) is 83.3 Å². The van der Waals surface area contributed by atoms with Crippen molar-refractivity contribution in [1.82, 2.24) is 0 Å². The van der Waals surface area contributed by atoms with Crippen molar-refractivity contribution in [2.24, 2.45) is 10.2 Å². The minimum atomic E-state index is -0.315. The summed E-state index contributed by atoms with van der Waals surface area (Å²) >= 11 is 3.36. The van der Waals surface area contributed by atoms with E-state index in [1.807, 2.05) is 6.07 Å². The molecule has 0 spiro atoms. The van der Waals surface area contributed by atoms with E-state index in [4.69, 9.17) is 4.74 Å². The third-order valence-corrected chi connectivity index (χ3v) is 3.80. The van der Waals surface area contributed by atoms with Gasteiger partial charge in [-0.2, -0.15) is 5.10 Å². The van der Waals surface area contributed by atoms with Gasteiger partial charge in [-0.05, 0) is 30.3 Å². The van der Waals surface area contributed by atoms with Gasteiger partial charge in [0.25, 0.3) is 5.91 Å². The van der Waals surface area contributed by atoms with Gasteiger partial charge in [0.2, 0.25) is 0 Å². The molecule has 2 aromatic carbocycles. The molecule has 0 bridgehead atoms. The number of nitrogens with one attached hydrogen (secondary N) is 1. The zero-order valence-corrected chi connectivity index (χ0v) is 13.7. The van der Waals surface area contributed by atoms with E-state index in [9.17, 15) is 9.90 Å². The summed E-state index contributed by atoms with van der Waals surface area (Å²) in [6.07, 6.45) is 1.37. The maximum Gasteiger partial charge on any atom is 0.276 e. The number of benzene rings is 2. The number of fused-ring (bicyclic) bond motifs is 1. The number of ether oxygens (including phenoxy) is 1. The van der Waals surface area contributed by atoms with Crippen molar-refractivity contribution in [3.05, 3.63) is 52.0 Å². The van der Waals surface area contributed by atoms with Gasteiger partial charge in [-0.3, -0.25) is 4.79 Å². The van der Waals surface area contributed by atoms with Crippen LogP contribution in [0.2, 0.25) is 0 Å². The van der Waals surface area contributed by atoms with Gasteiger partial charge in [-0.1, -0.05) is 22.0 Å². The van der Waals surface area contributed by atoms with Crippen LogP contribution in [-0.2, 0) is 4.79 Å². The van der Waals surface area contributed by atoms with Crippen LogP contribution >= 0.6 is 15.9 Å². The minimum absolute atomic E-state index is 0.0297. The number of methoxy groups -OCH3 is 1. The van der Waals surface area contributed by atoms with E-state index < -0.39 is 0 Å². The van der Waals surface area contributed by atoms with Crippen molar-refractivity contribution in [3.63, 3.8) is 0 Å². The molecule has 0 atom stereocenters. The predicted octanol–water partition coefficient (Wildman–Crippen LogP) is 2.94. The number of hydrogen-bond donors (Lipinski definition) is 2. The van der Waals surface area contributed by atoms with Crippen molar-refractivity contribution >= 4 is 39.5 Å². The second kappa shape index (κ2) is 6.21. The third kappa shape index (κ3) is 2.95. The molecular weight excluding hydrogens is 362 g/mol. The lowest BCUT2D eigenvalue weighted by atomic mass is 10.1. The van der Waals surface area contributed by atoms with Gasteiger partial charge >= 0.3 is 0 Å². The molecule has 0 saturated heterocycles. The molecule has 2 N–H and O–H groups in total. The number of phenolic OH excluding ortho intramolecular Hbond substituents is 1. The largest absolute Gasteiger partial charge is 0.504 e. The molecule has 0 saturated carbocycles. The Hall–Kier alpha value is -2.67. The molecule has 23 heavy (non-hydrogen) atoms. The summed E-state index contributed by atoms with van der Waals surface area (Å²) < 4.78 is 5.87. The Morgan fingerprint density at radius 2 is 2.13 bits per heavy atom. The van der Waals surface area contributed by atoms with E-state index in [-0.39, 0.29) is 17.4 Å². The van der Waals surface area contributed by atoms with E-state index in [0.717, 1.165) is 4.47 Å². The van der Waals surface area contributed by atoms with Gasteiger partial charge in [0, 0.05) is 15.6 Å². The van der Waals surface area contributed by atoms with Crippen LogP contribution in [0, 0.1) is 0 Å². The molecule has 3 rings (SSSR count). The van der Waals surface area contributed by atoms with Gasteiger partial charge in [0.15, 0.2) is 17.2 Å². The highest BCUT2D eigenvalue weighted by molar-refractivity contribution is 9.10. The molecule has 0 unspecified atom stereocenters. The SMILES string of the molecule is COc1cccc(/C=N\N=C2/C(=O)Nc3ccc(Br)cc32)c1O. The molecular formula is C16H12BrN3O3. The van der Waals surface area contributed by atoms with Crippen LogP contribution in [0.5, 0.6) is 11.5 Å². The number of nitrogens with zero attached hydrogens (tertiary/aromatic N) is 2. The van der Waals surface area contributed by atoms with Crippen molar-refractivity contribution in [3.8, 4) is 11.5 Å². The number of rotatable bonds is 3. The molecule has 6 nitrogen and oxygen atoms in total. The monoisotopic (exact) mass is 373 g/mol. The maximum atomic E-state index is 12.0. The van der Waals surface area contributed by atoms with E-state index in [1.54, 1.807) is 30.3 Å². The highest BCUT2D eigenvalue weighted by atomic mass is 79.9. The van der Waals surface area contributed by atoms with Crippen LogP contribution in [-0.4, -0.2) is 30.0 Å². The lowest BCUT2D eigenvalue weighted by Crippen LogP contribution is -2.13. The fourth-order valence-electron chi connectivity index (χ4n) is 2.18. The summed E-state index contributed by atoms with van der Waals surface area (Å²) in [6, 6.07) is 10.4. The van der Waals surface area contributed by atoms with Crippen molar-refractivity contribution in [1.29, 1.82) is 0 Å². The number of phenols is 1. The van der Waals surface area contributed by atoms with Crippen LogP contribution in [0.1, 0.15) is 11.1 Å². The molecule has 1 aliphatic rings. The first-order chi connectivity index (χ1) is 11.1. The summed E-state index contributed by atoms with van der Waals surface area (Å²) in [7, 11) is 1.47. The van der Waals surface area contributed by atoms with Gasteiger partial charge in [0.1, 0.15) is 0 Å². The highest BCUT2D eigenvalue weighted by Crippen LogP contribution is 2.29. The molecule has 7 heteroatoms. The predicted molar refractivity (Wildman–Crippen MR) is 91.6 cm³/mol. The first kappa shape index (κ1) is 15.2. The first-order valence-electron chi connectivity index (χ1n) is 6.68. The molecule has 2 aromatic rings. The standard InChI is InChI=1S/C16H12BrN3O3/c1-23-13-4-2-3-9(15(13)21)8-18-20-14-11-7-10(17)5-6-12(11)19-16(14)22/h2-8,21H,1H3,(H,19,20,22)/b18-8-. The fraction of sp³-hybridized carbons (Fsp3) is 0.0625.